The molecule has 1 aromatic rings. The van der Waals surface area contributed by atoms with Gasteiger partial charge in [-0.25, -0.2) is 4.39 Å². The lowest BCUT2D eigenvalue weighted by Crippen LogP contribution is -2.37. The molecular weight excluding hydrogens is 223 g/mol. The lowest BCUT2D eigenvalue weighted by molar-refractivity contribution is -0.386. The first-order valence-corrected chi connectivity index (χ1v) is 5.73. The minimum absolute atomic E-state index is 0.0135. The van der Waals surface area contributed by atoms with Crippen LogP contribution in [0.2, 0.25) is 0 Å². The van der Waals surface area contributed by atoms with Gasteiger partial charge in [-0.15, -0.1) is 0 Å². The van der Waals surface area contributed by atoms with Crippen molar-refractivity contribution in [2.24, 2.45) is 5.73 Å². The van der Waals surface area contributed by atoms with Crippen LogP contribution in [0.25, 0.3) is 0 Å². The molecule has 2 rings (SSSR count). The molecule has 0 unspecified atom stereocenters. The number of hydrogen-bond donors (Lipinski definition) is 1. The van der Waals surface area contributed by atoms with Crippen LogP contribution in [0.1, 0.15) is 31.2 Å². The fourth-order valence-electron chi connectivity index (χ4n) is 2.63. The minimum Gasteiger partial charge on any atom is -0.330 e. The maximum atomic E-state index is 13.3. The summed E-state index contributed by atoms with van der Waals surface area (Å²) in [4.78, 5) is 10.5. The van der Waals surface area contributed by atoms with E-state index < -0.39 is 10.7 Å². The summed E-state index contributed by atoms with van der Waals surface area (Å²) in [5.41, 5.74) is 5.81. The van der Waals surface area contributed by atoms with Gasteiger partial charge in [-0.2, -0.15) is 0 Å². The van der Waals surface area contributed by atoms with Gasteiger partial charge in [0, 0.05) is 17.0 Å². The number of hydrogen-bond acceptors (Lipinski definition) is 3. The van der Waals surface area contributed by atoms with E-state index in [0.717, 1.165) is 25.3 Å². The minimum atomic E-state index is -0.439. The average molecular weight is 238 g/mol. The van der Waals surface area contributed by atoms with Crippen LogP contribution in [0.15, 0.2) is 18.2 Å². The van der Waals surface area contributed by atoms with Gasteiger partial charge in [0.15, 0.2) is 0 Å². The zero-order valence-electron chi connectivity index (χ0n) is 9.49. The molecule has 0 spiro atoms. The quantitative estimate of drug-likeness (QED) is 0.647. The van der Waals surface area contributed by atoms with Gasteiger partial charge in [-0.3, -0.25) is 10.1 Å². The van der Waals surface area contributed by atoms with Crippen LogP contribution in [0, 0.1) is 15.9 Å². The predicted molar refractivity (Wildman–Crippen MR) is 62.3 cm³/mol. The zero-order valence-corrected chi connectivity index (χ0v) is 9.49. The molecule has 0 aliphatic heterocycles. The van der Waals surface area contributed by atoms with Crippen LogP contribution in [-0.2, 0) is 5.41 Å². The van der Waals surface area contributed by atoms with Gasteiger partial charge < -0.3 is 5.73 Å². The molecule has 0 radical (unpaired) electrons. The Labute approximate surface area is 98.8 Å². The second kappa shape index (κ2) is 4.41. The van der Waals surface area contributed by atoms with Crippen molar-refractivity contribution in [2.45, 2.75) is 31.1 Å². The molecule has 0 atom stereocenters. The summed E-state index contributed by atoms with van der Waals surface area (Å²) in [5, 5.41) is 11.0. The van der Waals surface area contributed by atoms with Gasteiger partial charge in [0.1, 0.15) is 5.82 Å². The molecule has 0 amide bonds. The molecule has 0 saturated heterocycles. The van der Waals surface area contributed by atoms with Gasteiger partial charge in [0.25, 0.3) is 5.69 Å². The average Bonchev–Trinajstić information content (AvgIpc) is 2.22. The van der Waals surface area contributed by atoms with Crippen LogP contribution < -0.4 is 5.73 Å². The van der Waals surface area contributed by atoms with E-state index in [-0.39, 0.29) is 11.1 Å². The second-order valence-corrected chi connectivity index (χ2v) is 4.59. The van der Waals surface area contributed by atoms with E-state index >= 15 is 0 Å². The third kappa shape index (κ3) is 2.02. The fourth-order valence-corrected chi connectivity index (χ4v) is 2.63. The van der Waals surface area contributed by atoms with E-state index in [4.69, 9.17) is 5.73 Å². The summed E-state index contributed by atoms with van der Waals surface area (Å²) in [5.74, 6) is -0.422. The summed E-state index contributed by atoms with van der Waals surface area (Å²) in [6, 6.07) is 3.69. The third-order valence-electron chi connectivity index (χ3n) is 3.66. The smallest absolute Gasteiger partial charge is 0.273 e. The first-order chi connectivity index (χ1) is 8.09. The van der Waals surface area contributed by atoms with E-state index in [2.05, 4.69) is 0 Å². The molecule has 1 aliphatic carbocycles. The fraction of sp³-hybridized carbons (Fsp3) is 0.500. The highest BCUT2D eigenvalue weighted by molar-refractivity contribution is 5.46. The van der Waals surface area contributed by atoms with Crippen LogP contribution in [0.4, 0.5) is 10.1 Å². The molecule has 5 heteroatoms. The third-order valence-corrected chi connectivity index (χ3v) is 3.66. The number of benzene rings is 1. The molecule has 1 aromatic carbocycles. The van der Waals surface area contributed by atoms with E-state index in [1.165, 1.54) is 12.1 Å². The van der Waals surface area contributed by atoms with Crippen molar-refractivity contribution >= 4 is 5.69 Å². The molecule has 0 aromatic heterocycles. The maximum Gasteiger partial charge on any atom is 0.273 e. The highest BCUT2D eigenvalue weighted by Crippen LogP contribution is 2.49. The number of nitrogens with zero attached hydrogens (tertiary/aromatic N) is 1. The monoisotopic (exact) mass is 238 g/mol. The molecule has 0 bridgehead atoms. The summed E-state index contributed by atoms with van der Waals surface area (Å²) in [7, 11) is 0. The number of rotatable bonds is 4. The van der Waals surface area contributed by atoms with Gasteiger partial charge in [-0.1, -0.05) is 6.42 Å². The Kier molecular flexibility index (Phi) is 3.11. The summed E-state index contributed by atoms with van der Waals surface area (Å²) in [6.07, 6.45) is 3.41. The Morgan fingerprint density at radius 1 is 1.47 bits per heavy atom. The molecule has 1 saturated carbocycles. The van der Waals surface area contributed by atoms with Crippen molar-refractivity contribution in [3.8, 4) is 0 Å². The highest BCUT2D eigenvalue weighted by atomic mass is 19.1. The SMILES string of the molecule is NCCC1(c2cc(F)ccc2[N+](=O)[O-])CCC1. The Balaban J connectivity index is 2.48. The van der Waals surface area contributed by atoms with E-state index in [1.807, 2.05) is 0 Å². The molecule has 1 fully saturated rings. The van der Waals surface area contributed by atoms with Crippen molar-refractivity contribution in [1.29, 1.82) is 0 Å². The van der Waals surface area contributed by atoms with Crippen LogP contribution in [0.3, 0.4) is 0 Å². The molecule has 2 N–H and O–H groups in total. The first-order valence-electron chi connectivity index (χ1n) is 5.73. The van der Waals surface area contributed by atoms with Crippen molar-refractivity contribution in [3.63, 3.8) is 0 Å². The molecule has 4 nitrogen and oxygen atoms in total. The van der Waals surface area contributed by atoms with Crippen molar-refractivity contribution in [3.05, 3.63) is 39.7 Å². The number of nitro benzene ring substituents is 1. The van der Waals surface area contributed by atoms with Crippen molar-refractivity contribution < 1.29 is 9.31 Å². The van der Waals surface area contributed by atoms with Crippen molar-refractivity contribution in [2.75, 3.05) is 6.54 Å². The standard InChI is InChI=1S/C12H15FN2O2/c13-9-2-3-11(15(16)17)10(8-9)12(6-7-14)4-1-5-12/h2-3,8H,1,4-7,14H2. The second-order valence-electron chi connectivity index (χ2n) is 4.59. The van der Waals surface area contributed by atoms with Gasteiger partial charge >= 0.3 is 0 Å². The van der Waals surface area contributed by atoms with Gasteiger partial charge in [0.2, 0.25) is 0 Å². The van der Waals surface area contributed by atoms with Crippen LogP contribution in [-0.4, -0.2) is 11.5 Å². The summed E-state index contributed by atoms with van der Waals surface area (Å²) in [6.45, 7) is 0.466. The Morgan fingerprint density at radius 3 is 2.65 bits per heavy atom. The zero-order chi connectivity index (χ0) is 12.5. The van der Waals surface area contributed by atoms with E-state index in [1.54, 1.807) is 0 Å². The van der Waals surface area contributed by atoms with Crippen molar-refractivity contribution in [1.82, 2.24) is 0 Å². The topological polar surface area (TPSA) is 69.2 Å². The Morgan fingerprint density at radius 2 is 2.18 bits per heavy atom. The molecule has 92 valence electrons. The van der Waals surface area contributed by atoms with Crippen LogP contribution >= 0.6 is 0 Å². The number of nitrogens with two attached hydrogens (primary N) is 1. The van der Waals surface area contributed by atoms with E-state index in [0.29, 0.717) is 18.5 Å². The largest absolute Gasteiger partial charge is 0.330 e. The Bertz CT molecular complexity index is 444. The van der Waals surface area contributed by atoms with Crippen LogP contribution in [0.5, 0.6) is 0 Å². The molecule has 1 aliphatic rings. The Hall–Kier alpha value is -1.49. The highest BCUT2D eigenvalue weighted by Gasteiger charge is 2.42. The van der Waals surface area contributed by atoms with Gasteiger partial charge in [-0.05, 0) is 37.9 Å². The summed E-state index contributed by atoms with van der Waals surface area (Å²) < 4.78 is 13.3. The summed E-state index contributed by atoms with van der Waals surface area (Å²) >= 11 is 0. The maximum absolute atomic E-state index is 13.3. The number of halogens is 1. The van der Waals surface area contributed by atoms with E-state index in [9.17, 15) is 14.5 Å². The van der Waals surface area contributed by atoms with Gasteiger partial charge in [0.05, 0.1) is 4.92 Å². The molecular formula is C12H15FN2O2. The first kappa shape index (κ1) is 12.0. The normalized spacial score (nSPS) is 17.5. The predicted octanol–water partition coefficient (Wildman–Crippen LogP) is 2.50. The number of nitro groups is 1. The molecule has 17 heavy (non-hydrogen) atoms. The lowest BCUT2D eigenvalue weighted by Gasteiger charge is -2.41. The molecule has 0 heterocycles. The lowest BCUT2D eigenvalue weighted by atomic mass is 9.62.